The van der Waals surface area contributed by atoms with E-state index in [1.807, 2.05) is 12.1 Å². The van der Waals surface area contributed by atoms with Crippen LogP contribution in [0.1, 0.15) is 0 Å². The average Bonchev–Trinajstić information content (AvgIpc) is 2.29. The van der Waals surface area contributed by atoms with Crippen molar-refractivity contribution in [2.75, 3.05) is 5.73 Å². The van der Waals surface area contributed by atoms with E-state index in [-0.39, 0.29) is 10.6 Å². The Balaban J connectivity index is 2.80. The third-order valence-electron chi connectivity index (χ3n) is 2.30. The Hall–Kier alpha value is -1.63. The van der Waals surface area contributed by atoms with Crippen molar-refractivity contribution in [1.29, 1.82) is 0 Å². The highest BCUT2D eigenvalue weighted by atomic mass is 32.2. The monoisotopic (exact) mass is 239 g/mol. The molecule has 0 atom stereocenters. The summed E-state index contributed by atoms with van der Waals surface area (Å²) in [7, 11) is -4.19. The first-order chi connectivity index (χ1) is 7.56. The highest BCUT2D eigenvalue weighted by Crippen LogP contribution is 2.28. The number of rotatable bonds is 2. The molecule has 0 saturated carbocycles. The van der Waals surface area contributed by atoms with Crippen LogP contribution < -0.4 is 5.73 Å². The van der Waals surface area contributed by atoms with Gasteiger partial charge in [-0.25, -0.2) is 5.26 Å². The van der Waals surface area contributed by atoms with Crippen LogP contribution in [0.5, 0.6) is 0 Å². The molecule has 16 heavy (non-hydrogen) atoms. The van der Waals surface area contributed by atoms with Crippen molar-refractivity contribution in [2.45, 2.75) is 4.90 Å². The second-order valence-electron chi connectivity index (χ2n) is 3.23. The van der Waals surface area contributed by atoms with E-state index >= 15 is 0 Å². The van der Waals surface area contributed by atoms with Crippen LogP contribution in [0.2, 0.25) is 0 Å². The lowest BCUT2D eigenvalue weighted by Crippen LogP contribution is -2.06. The molecule has 0 unspecified atom stereocenters. The van der Waals surface area contributed by atoms with Gasteiger partial charge in [-0.05, 0) is 11.5 Å². The molecular weight excluding hydrogens is 230 g/mol. The Labute approximate surface area is 92.1 Å². The first kappa shape index (κ1) is 10.9. The van der Waals surface area contributed by atoms with Gasteiger partial charge >= 0.3 is 10.1 Å². The maximum Gasteiger partial charge on any atom is 0.325 e. The molecule has 5 nitrogen and oxygen atoms in total. The molecule has 2 aromatic rings. The molecule has 0 aromatic heterocycles. The summed E-state index contributed by atoms with van der Waals surface area (Å²) >= 11 is 0. The minimum atomic E-state index is -4.19. The van der Waals surface area contributed by atoms with Crippen LogP contribution in [0.25, 0.3) is 10.8 Å². The summed E-state index contributed by atoms with van der Waals surface area (Å²) in [5, 5.41) is 9.71. The van der Waals surface area contributed by atoms with E-state index in [1.165, 1.54) is 6.07 Å². The minimum absolute atomic E-state index is 0.0622. The van der Waals surface area contributed by atoms with Crippen LogP contribution in [0.15, 0.2) is 41.3 Å². The first-order valence-corrected chi connectivity index (χ1v) is 5.82. The zero-order chi connectivity index (χ0) is 11.8. The average molecular weight is 239 g/mol. The van der Waals surface area contributed by atoms with Crippen LogP contribution in [0.3, 0.4) is 0 Å². The van der Waals surface area contributed by atoms with Gasteiger partial charge in [0, 0.05) is 5.39 Å². The molecule has 0 fully saturated rings. The highest BCUT2D eigenvalue weighted by molar-refractivity contribution is 7.86. The third kappa shape index (κ3) is 1.63. The Bertz CT molecular complexity index is 636. The van der Waals surface area contributed by atoms with Crippen LogP contribution in [0.4, 0.5) is 5.69 Å². The lowest BCUT2D eigenvalue weighted by atomic mass is 10.1. The van der Waals surface area contributed by atoms with Gasteiger partial charge in [0.2, 0.25) is 0 Å². The molecule has 0 radical (unpaired) electrons. The third-order valence-corrected chi connectivity index (χ3v) is 3.39. The van der Waals surface area contributed by atoms with Gasteiger partial charge in [-0.2, -0.15) is 8.42 Å². The molecule has 0 aliphatic rings. The molecule has 0 aliphatic heterocycles. The SMILES string of the molecule is Nc1c(S(=O)(=O)OO)ccc2ccccc12. The molecule has 2 rings (SSSR count). The van der Waals surface area contributed by atoms with E-state index in [9.17, 15) is 8.42 Å². The molecule has 0 spiro atoms. The Kier molecular flexibility index (Phi) is 2.55. The van der Waals surface area contributed by atoms with E-state index in [1.54, 1.807) is 18.2 Å². The summed E-state index contributed by atoms with van der Waals surface area (Å²) in [6.07, 6.45) is 0. The van der Waals surface area contributed by atoms with Crippen molar-refractivity contribution in [3.63, 3.8) is 0 Å². The first-order valence-electron chi connectivity index (χ1n) is 4.41. The molecule has 6 heteroatoms. The molecule has 0 bridgehead atoms. The maximum atomic E-state index is 11.3. The molecular formula is C10H9NO4S. The summed E-state index contributed by atoms with van der Waals surface area (Å²) in [4.78, 5) is -0.242. The van der Waals surface area contributed by atoms with Crippen LogP contribution in [0, 0.1) is 0 Å². The van der Waals surface area contributed by atoms with E-state index in [4.69, 9.17) is 11.0 Å². The molecule has 0 saturated heterocycles. The quantitative estimate of drug-likeness (QED) is 0.472. The fourth-order valence-corrected chi connectivity index (χ4v) is 2.23. The number of hydrogen-bond acceptors (Lipinski definition) is 5. The van der Waals surface area contributed by atoms with Crippen molar-refractivity contribution in [3.8, 4) is 0 Å². The fourth-order valence-electron chi connectivity index (χ4n) is 1.53. The number of fused-ring (bicyclic) bond motifs is 1. The predicted octanol–water partition coefficient (Wildman–Crippen LogP) is 1.60. The number of anilines is 1. The second kappa shape index (κ2) is 3.75. The van der Waals surface area contributed by atoms with Gasteiger partial charge in [-0.3, -0.25) is 0 Å². The standard InChI is InChI=1S/C10H9NO4S/c11-10-8-4-2-1-3-7(8)5-6-9(10)16(13,14)15-12/h1-6,12H,11H2. The number of nitrogens with two attached hydrogens (primary N) is 1. The highest BCUT2D eigenvalue weighted by Gasteiger charge is 2.19. The molecule has 3 N–H and O–H groups in total. The van der Waals surface area contributed by atoms with Crippen LogP contribution in [-0.2, 0) is 14.5 Å². The summed E-state index contributed by atoms with van der Waals surface area (Å²) in [5.74, 6) is 0. The Morgan fingerprint density at radius 1 is 1.12 bits per heavy atom. The summed E-state index contributed by atoms with van der Waals surface area (Å²) < 4.78 is 26.1. The number of benzene rings is 2. The zero-order valence-corrected chi connectivity index (χ0v) is 8.94. The Morgan fingerprint density at radius 2 is 1.81 bits per heavy atom. The Morgan fingerprint density at radius 3 is 2.50 bits per heavy atom. The molecule has 2 aromatic carbocycles. The largest absolute Gasteiger partial charge is 0.397 e. The van der Waals surface area contributed by atoms with E-state index in [0.717, 1.165) is 5.39 Å². The lowest BCUT2D eigenvalue weighted by Gasteiger charge is -2.07. The van der Waals surface area contributed by atoms with Crippen LogP contribution >= 0.6 is 0 Å². The summed E-state index contributed by atoms with van der Waals surface area (Å²) in [6, 6.07) is 9.96. The molecule has 84 valence electrons. The van der Waals surface area contributed by atoms with Gasteiger partial charge in [-0.15, -0.1) is 4.33 Å². The van der Waals surface area contributed by atoms with Crippen molar-refractivity contribution < 1.29 is 18.0 Å². The molecule has 0 aliphatic carbocycles. The summed E-state index contributed by atoms with van der Waals surface area (Å²) in [6.45, 7) is 0. The van der Waals surface area contributed by atoms with Gasteiger partial charge in [-0.1, -0.05) is 30.3 Å². The van der Waals surface area contributed by atoms with Gasteiger partial charge in [0.25, 0.3) is 0 Å². The van der Waals surface area contributed by atoms with Gasteiger partial charge in [0.05, 0.1) is 5.69 Å². The smallest absolute Gasteiger partial charge is 0.325 e. The van der Waals surface area contributed by atoms with Crippen molar-refractivity contribution in [2.24, 2.45) is 0 Å². The minimum Gasteiger partial charge on any atom is -0.397 e. The normalized spacial score (nSPS) is 11.8. The zero-order valence-electron chi connectivity index (χ0n) is 8.12. The van der Waals surface area contributed by atoms with E-state index in [2.05, 4.69) is 4.33 Å². The maximum absolute atomic E-state index is 11.3. The van der Waals surface area contributed by atoms with Crippen molar-refractivity contribution in [1.82, 2.24) is 0 Å². The van der Waals surface area contributed by atoms with Crippen molar-refractivity contribution >= 4 is 26.6 Å². The van der Waals surface area contributed by atoms with Crippen LogP contribution in [-0.4, -0.2) is 13.7 Å². The number of nitrogen functional groups attached to an aromatic ring is 1. The van der Waals surface area contributed by atoms with Gasteiger partial charge in [0.15, 0.2) is 0 Å². The molecule has 0 amide bonds. The van der Waals surface area contributed by atoms with Crippen molar-refractivity contribution in [3.05, 3.63) is 36.4 Å². The lowest BCUT2D eigenvalue weighted by molar-refractivity contribution is -0.130. The topological polar surface area (TPSA) is 89.6 Å². The number of hydrogen-bond donors (Lipinski definition) is 2. The second-order valence-corrected chi connectivity index (χ2v) is 4.72. The summed E-state index contributed by atoms with van der Waals surface area (Å²) in [5.41, 5.74) is 5.77. The van der Waals surface area contributed by atoms with Gasteiger partial charge in [0.1, 0.15) is 4.90 Å². The van der Waals surface area contributed by atoms with E-state index in [0.29, 0.717) is 5.39 Å². The van der Waals surface area contributed by atoms with Gasteiger partial charge < -0.3 is 5.73 Å². The van der Waals surface area contributed by atoms with E-state index < -0.39 is 10.1 Å². The fraction of sp³-hybridized carbons (Fsp3) is 0. The molecule has 0 heterocycles. The predicted molar refractivity (Wildman–Crippen MR) is 59.3 cm³/mol.